The highest BCUT2D eigenvalue weighted by Crippen LogP contribution is 2.37. The maximum atomic E-state index is 13.8. The molecule has 0 unspecified atom stereocenters. The Labute approximate surface area is 96.5 Å². The van der Waals surface area contributed by atoms with Gasteiger partial charge in [-0.05, 0) is 39.8 Å². The van der Waals surface area contributed by atoms with Gasteiger partial charge in [0.1, 0.15) is 5.82 Å². The fourth-order valence-corrected chi connectivity index (χ4v) is 2.23. The monoisotopic (exact) mass is 222 g/mol. The van der Waals surface area contributed by atoms with E-state index in [1.807, 2.05) is 6.07 Å². The third-order valence-corrected chi connectivity index (χ3v) is 2.95. The summed E-state index contributed by atoms with van der Waals surface area (Å²) in [6.07, 6.45) is 0. The molecule has 0 saturated heterocycles. The molecule has 0 amide bonds. The molecule has 0 aliphatic carbocycles. The Balaban J connectivity index is 2.51. The highest BCUT2D eigenvalue weighted by atomic mass is 19.1. The lowest BCUT2D eigenvalue weighted by Crippen LogP contribution is -2.51. The smallest absolute Gasteiger partial charge is 0.148 e. The van der Waals surface area contributed by atoms with Gasteiger partial charge >= 0.3 is 0 Å². The SMILES string of the molecule is CC(C)N1CC(C)(C)Nc2c(F)cccc21. The van der Waals surface area contributed by atoms with Gasteiger partial charge in [0, 0.05) is 18.1 Å². The molecule has 88 valence electrons. The summed E-state index contributed by atoms with van der Waals surface area (Å²) in [7, 11) is 0. The highest BCUT2D eigenvalue weighted by Gasteiger charge is 2.32. The summed E-state index contributed by atoms with van der Waals surface area (Å²) in [6.45, 7) is 9.35. The number of hydrogen-bond acceptors (Lipinski definition) is 2. The minimum Gasteiger partial charge on any atom is -0.374 e. The molecule has 2 rings (SSSR count). The fourth-order valence-electron chi connectivity index (χ4n) is 2.23. The summed E-state index contributed by atoms with van der Waals surface area (Å²) in [5.41, 5.74) is 1.50. The summed E-state index contributed by atoms with van der Waals surface area (Å²) >= 11 is 0. The van der Waals surface area contributed by atoms with Gasteiger partial charge in [0.15, 0.2) is 0 Å². The molecule has 0 saturated carbocycles. The van der Waals surface area contributed by atoms with Crippen molar-refractivity contribution < 1.29 is 4.39 Å². The Morgan fingerprint density at radius 1 is 1.38 bits per heavy atom. The number of benzene rings is 1. The molecule has 1 heterocycles. The van der Waals surface area contributed by atoms with E-state index in [4.69, 9.17) is 0 Å². The van der Waals surface area contributed by atoms with Crippen molar-refractivity contribution in [2.75, 3.05) is 16.8 Å². The van der Waals surface area contributed by atoms with Crippen molar-refractivity contribution in [3.8, 4) is 0 Å². The first kappa shape index (κ1) is 11.2. The zero-order valence-corrected chi connectivity index (χ0v) is 10.3. The van der Waals surface area contributed by atoms with Crippen LogP contribution in [-0.2, 0) is 0 Å². The van der Waals surface area contributed by atoms with Crippen LogP contribution in [0.3, 0.4) is 0 Å². The summed E-state index contributed by atoms with van der Waals surface area (Å²) in [5, 5.41) is 3.27. The molecule has 0 spiro atoms. The molecule has 1 aliphatic rings. The second-order valence-corrected chi connectivity index (χ2v) is 5.36. The first-order chi connectivity index (χ1) is 7.41. The van der Waals surface area contributed by atoms with Crippen LogP contribution in [0.25, 0.3) is 0 Å². The van der Waals surface area contributed by atoms with E-state index >= 15 is 0 Å². The molecule has 3 heteroatoms. The van der Waals surface area contributed by atoms with E-state index in [0.29, 0.717) is 11.7 Å². The first-order valence-electron chi connectivity index (χ1n) is 5.74. The fraction of sp³-hybridized carbons (Fsp3) is 0.538. The van der Waals surface area contributed by atoms with Crippen LogP contribution in [0.1, 0.15) is 27.7 Å². The summed E-state index contributed by atoms with van der Waals surface area (Å²) in [5.74, 6) is -0.170. The summed E-state index contributed by atoms with van der Waals surface area (Å²) < 4.78 is 13.8. The van der Waals surface area contributed by atoms with E-state index in [9.17, 15) is 4.39 Å². The van der Waals surface area contributed by atoms with E-state index in [-0.39, 0.29) is 11.4 Å². The molecule has 0 radical (unpaired) electrons. The standard InChI is InChI=1S/C13H19FN2/c1-9(2)16-8-13(3,4)15-12-10(14)6-5-7-11(12)16/h5-7,9,15H,8H2,1-4H3. The topological polar surface area (TPSA) is 15.3 Å². The van der Waals surface area contributed by atoms with Crippen LogP contribution in [0.4, 0.5) is 15.8 Å². The number of anilines is 2. The average Bonchev–Trinajstić information content (AvgIpc) is 2.17. The zero-order chi connectivity index (χ0) is 11.9. The largest absolute Gasteiger partial charge is 0.374 e. The van der Waals surface area contributed by atoms with Crippen LogP contribution in [0.5, 0.6) is 0 Å². The van der Waals surface area contributed by atoms with E-state index in [1.54, 1.807) is 6.07 Å². The third kappa shape index (κ3) is 1.86. The van der Waals surface area contributed by atoms with Crippen LogP contribution in [0.2, 0.25) is 0 Å². The van der Waals surface area contributed by atoms with Crippen molar-refractivity contribution in [1.82, 2.24) is 0 Å². The molecule has 16 heavy (non-hydrogen) atoms. The summed E-state index contributed by atoms with van der Waals surface area (Å²) in [4.78, 5) is 2.24. The number of nitrogens with zero attached hydrogens (tertiary/aromatic N) is 1. The van der Waals surface area contributed by atoms with Gasteiger partial charge in [0.05, 0.1) is 11.4 Å². The number of nitrogens with one attached hydrogen (secondary N) is 1. The van der Waals surface area contributed by atoms with Crippen molar-refractivity contribution in [3.05, 3.63) is 24.0 Å². The van der Waals surface area contributed by atoms with E-state index < -0.39 is 0 Å². The van der Waals surface area contributed by atoms with Crippen LogP contribution in [0, 0.1) is 5.82 Å². The quantitative estimate of drug-likeness (QED) is 0.784. The lowest BCUT2D eigenvalue weighted by Gasteiger charge is -2.44. The second-order valence-electron chi connectivity index (χ2n) is 5.36. The number of fused-ring (bicyclic) bond motifs is 1. The first-order valence-corrected chi connectivity index (χ1v) is 5.74. The van der Waals surface area contributed by atoms with E-state index in [0.717, 1.165) is 12.2 Å². The lowest BCUT2D eigenvalue weighted by molar-refractivity contribution is 0.497. The van der Waals surface area contributed by atoms with Crippen molar-refractivity contribution in [3.63, 3.8) is 0 Å². The van der Waals surface area contributed by atoms with Gasteiger partial charge in [-0.1, -0.05) is 6.07 Å². The zero-order valence-electron chi connectivity index (χ0n) is 10.3. The number of hydrogen-bond donors (Lipinski definition) is 1. The molecule has 1 aromatic rings. The van der Waals surface area contributed by atoms with Gasteiger partial charge in [-0.25, -0.2) is 4.39 Å². The molecule has 0 fully saturated rings. The van der Waals surface area contributed by atoms with Crippen molar-refractivity contribution in [2.45, 2.75) is 39.3 Å². The maximum Gasteiger partial charge on any atom is 0.148 e. The van der Waals surface area contributed by atoms with Gasteiger partial charge < -0.3 is 10.2 Å². The number of rotatable bonds is 1. The Morgan fingerprint density at radius 2 is 2.06 bits per heavy atom. The highest BCUT2D eigenvalue weighted by molar-refractivity contribution is 5.74. The van der Waals surface area contributed by atoms with Crippen LogP contribution >= 0.6 is 0 Å². The van der Waals surface area contributed by atoms with Crippen LogP contribution in [-0.4, -0.2) is 18.1 Å². The van der Waals surface area contributed by atoms with Gasteiger partial charge in [0.2, 0.25) is 0 Å². The van der Waals surface area contributed by atoms with Crippen molar-refractivity contribution in [1.29, 1.82) is 0 Å². The molecular weight excluding hydrogens is 203 g/mol. The number of para-hydroxylation sites is 1. The second kappa shape index (κ2) is 3.65. The predicted molar refractivity (Wildman–Crippen MR) is 66.6 cm³/mol. The van der Waals surface area contributed by atoms with E-state index in [2.05, 4.69) is 37.9 Å². The lowest BCUT2D eigenvalue weighted by atomic mass is 9.98. The van der Waals surface area contributed by atoms with Gasteiger partial charge in [-0.3, -0.25) is 0 Å². The molecule has 1 N–H and O–H groups in total. The molecule has 0 aromatic heterocycles. The van der Waals surface area contributed by atoms with E-state index in [1.165, 1.54) is 6.07 Å². The average molecular weight is 222 g/mol. The molecule has 2 nitrogen and oxygen atoms in total. The van der Waals surface area contributed by atoms with Crippen molar-refractivity contribution >= 4 is 11.4 Å². The van der Waals surface area contributed by atoms with Crippen LogP contribution in [0.15, 0.2) is 18.2 Å². The van der Waals surface area contributed by atoms with Gasteiger partial charge in [-0.15, -0.1) is 0 Å². The minimum absolute atomic E-state index is 0.0978. The Hall–Kier alpha value is -1.25. The Kier molecular flexibility index (Phi) is 2.56. The summed E-state index contributed by atoms with van der Waals surface area (Å²) in [6, 6.07) is 5.62. The van der Waals surface area contributed by atoms with Crippen LogP contribution < -0.4 is 10.2 Å². The minimum atomic E-state index is -0.170. The van der Waals surface area contributed by atoms with Gasteiger partial charge in [0.25, 0.3) is 0 Å². The molecular formula is C13H19FN2. The molecule has 1 aromatic carbocycles. The number of halogens is 1. The molecule has 1 aliphatic heterocycles. The third-order valence-electron chi connectivity index (χ3n) is 2.95. The Bertz CT molecular complexity index is 399. The predicted octanol–water partition coefficient (Wildman–Crippen LogP) is 3.24. The normalized spacial score (nSPS) is 18.2. The molecule has 0 atom stereocenters. The maximum absolute atomic E-state index is 13.8. The Morgan fingerprint density at radius 3 is 2.69 bits per heavy atom. The van der Waals surface area contributed by atoms with Gasteiger partial charge in [-0.2, -0.15) is 0 Å². The molecule has 0 bridgehead atoms. The van der Waals surface area contributed by atoms with Crippen molar-refractivity contribution in [2.24, 2.45) is 0 Å².